The van der Waals surface area contributed by atoms with Gasteiger partial charge >= 0.3 is 12.0 Å². The molecule has 104 valence electrons. The zero-order valence-electron chi connectivity index (χ0n) is 10.4. The Labute approximate surface area is 105 Å². The van der Waals surface area contributed by atoms with Crippen LogP contribution in [0.1, 0.15) is 26.7 Å². The molecule has 0 saturated heterocycles. The number of aliphatic hydroxyl groups is 1. The number of hydrogen-bond donors (Lipinski definition) is 5. The van der Waals surface area contributed by atoms with Gasteiger partial charge in [-0.05, 0) is 13.3 Å². The third-order valence-electron chi connectivity index (χ3n) is 2.63. The van der Waals surface area contributed by atoms with Crippen LogP contribution < -0.4 is 16.4 Å². The summed E-state index contributed by atoms with van der Waals surface area (Å²) < 4.78 is 0. The van der Waals surface area contributed by atoms with E-state index in [9.17, 15) is 14.4 Å². The molecule has 0 spiro atoms. The van der Waals surface area contributed by atoms with Crippen LogP contribution >= 0.6 is 0 Å². The predicted molar refractivity (Wildman–Crippen MR) is 62.7 cm³/mol. The van der Waals surface area contributed by atoms with Gasteiger partial charge in [0.2, 0.25) is 5.91 Å². The molecule has 18 heavy (non-hydrogen) atoms. The molecule has 0 aromatic rings. The van der Waals surface area contributed by atoms with Gasteiger partial charge in [-0.15, -0.1) is 0 Å². The summed E-state index contributed by atoms with van der Waals surface area (Å²) in [4.78, 5) is 32.8. The molecule has 8 heteroatoms. The molecule has 6 N–H and O–H groups in total. The second-order valence-corrected chi connectivity index (χ2v) is 4.07. The molecule has 3 amide bonds. The molecule has 0 aromatic carbocycles. The number of primary amides is 1. The number of carboxylic acids is 1. The minimum absolute atomic E-state index is 0.0299. The maximum absolute atomic E-state index is 11.4. The number of rotatable bonds is 7. The zero-order chi connectivity index (χ0) is 14.3. The Morgan fingerprint density at radius 1 is 1.39 bits per heavy atom. The van der Waals surface area contributed by atoms with E-state index >= 15 is 0 Å². The number of aliphatic carboxylic acids is 1. The SMILES string of the molecule is CCC(C)(NC(=O)NCC[C@H](O)C(=O)O)C(N)=O. The zero-order valence-corrected chi connectivity index (χ0v) is 10.4. The van der Waals surface area contributed by atoms with E-state index in [-0.39, 0.29) is 13.0 Å². The van der Waals surface area contributed by atoms with Crippen molar-refractivity contribution >= 4 is 17.9 Å². The quantitative estimate of drug-likeness (QED) is 0.390. The van der Waals surface area contributed by atoms with Crippen molar-refractivity contribution in [1.29, 1.82) is 0 Å². The van der Waals surface area contributed by atoms with Crippen LogP contribution in [-0.4, -0.2) is 46.3 Å². The van der Waals surface area contributed by atoms with Crippen molar-refractivity contribution in [3.8, 4) is 0 Å². The van der Waals surface area contributed by atoms with Crippen molar-refractivity contribution in [3.63, 3.8) is 0 Å². The highest BCUT2D eigenvalue weighted by Crippen LogP contribution is 2.07. The molecule has 0 heterocycles. The Kier molecular flexibility index (Phi) is 6.11. The lowest BCUT2D eigenvalue weighted by Crippen LogP contribution is -2.57. The number of carbonyl (C=O) groups is 3. The summed E-state index contributed by atoms with van der Waals surface area (Å²) >= 11 is 0. The fraction of sp³-hybridized carbons (Fsp3) is 0.700. The van der Waals surface area contributed by atoms with Gasteiger partial charge in [-0.3, -0.25) is 4.79 Å². The first-order chi connectivity index (χ1) is 8.23. The number of amides is 3. The second kappa shape index (κ2) is 6.80. The van der Waals surface area contributed by atoms with Crippen molar-refractivity contribution in [2.24, 2.45) is 5.73 Å². The Morgan fingerprint density at radius 2 is 1.94 bits per heavy atom. The molecule has 0 fully saturated rings. The van der Waals surface area contributed by atoms with Crippen LogP contribution in [0.4, 0.5) is 4.79 Å². The van der Waals surface area contributed by atoms with Crippen molar-refractivity contribution in [1.82, 2.24) is 10.6 Å². The summed E-state index contributed by atoms with van der Waals surface area (Å²) in [5, 5.41) is 22.1. The van der Waals surface area contributed by atoms with Gasteiger partial charge in [-0.1, -0.05) is 6.92 Å². The summed E-state index contributed by atoms with van der Waals surface area (Å²) in [6, 6.07) is -0.643. The Bertz CT molecular complexity index is 333. The Morgan fingerprint density at radius 3 is 2.33 bits per heavy atom. The number of carbonyl (C=O) groups excluding carboxylic acids is 2. The molecule has 2 atom stereocenters. The lowest BCUT2D eigenvalue weighted by molar-refractivity contribution is -0.146. The van der Waals surface area contributed by atoms with Crippen LogP contribution in [-0.2, 0) is 9.59 Å². The molecule has 0 aromatic heterocycles. The van der Waals surface area contributed by atoms with Crippen LogP contribution in [0.2, 0.25) is 0 Å². The van der Waals surface area contributed by atoms with Crippen LogP contribution in [0.25, 0.3) is 0 Å². The van der Waals surface area contributed by atoms with E-state index in [1.54, 1.807) is 6.92 Å². The van der Waals surface area contributed by atoms with E-state index in [4.69, 9.17) is 15.9 Å². The number of hydrogen-bond acceptors (Lipinski definition) is 4. The van der Waals surface area contributed by atoms with E-state index < -0.39 is 29.6 Å². The molecule has 8 nitrogen and oxygen atoms in total. The molecule has 0 saturated carbocycles. The van der Waals surface area contributed by atoms with Gasteiger partial charge in [0.15, 0.2) is 6.10 Å². The van der Waals surface area contributed by atoms with Gasteiger partial charge in [-0.2, -0.15) is 0 Å². The number of nitrogens with one attached hydrogen (secondary N) is 2. The molecular formula is C10H19N3O5. The van der Waals surface area contributed by atoms with Gasteiger partial charge in [0.25, 0.3) is 0 Å². The number of aliphatic hydroxyl groups excluding tert-OH is 1. The fourth-order valence-electron chi connectivity index (χ4n) is 1.06. The molecule has 0 rings (SSSR count). The number of nitrogens with two attached hydrogens (primary N) is 1. The molecule has 0 bridgehead atoms. The largest absolute Gasteiger partial charge is 0.479 e. The van der Waals surface area contributed by atoms with E-state index in [2.05, 4.69) is 10.6 Å². The van der Waals surface area contributed by atoms with Crippen molar-refractivity contribution in [3.05, 3.63) is 0 Å². The second-order valence-electron chi connectivity index (χ2n) is 4.07. The minimum atomic E-state index is -1.53. The molecule has 0 aliphatic rings. The molecule has 0 aliphatic carbocycles. The highest BCUT2D eigenvalue weighted by Gasteiger charge is 2.30. The molecular weight excluding hydrogens is 242 g/mol. The third kappa shape index (κ3) is 5.00. The highest BCUT2D eigenvalue weighted by atomic mass is 16.4. The Hall–Kier alpha value is -1.83. The normalized spacial score (nSPS) is 15.3. The van der Waals surface area contributed by atoms with Gasteiger partial charge in [0.1, 0.15) is 5.54 Å². The first-order valence-corrected chi connectivity index (χ1v) is 5.49. The van der Waals surface area contributed by atoms with Crippen LogP contribution in [0.3, 0.4) is 0 Å². The highest BCUT2D eigenvalue weighted by molar-refractivity contribution is 5.89. The number of urea groups is 1. The van der Waals surface area contributed by atoms with E-state index in [0.717, 1.165) is 0 Å². The van der Waals surface area contributed by atoms with Gasteiger partial charge in [0, 0.05) is 13.0 Å². The summed E-state index contributed by atoms with van der Waals surface area (Å²) in [7, 11) is 0. The van der Waals surface area contributed by atoms with Crippen molar-refractivity contribution in [2.75, 3.05) is 6.54 Å². The fourth-order valence-corrected chi connectivity index (χ4v) is 1.06. The standard InChI is InChI=1S/C10H19N3O5/c1-3-10(2,8(11)17)13-9(18)12-5-4-6(14)7(15)16/h6,14H,3-5H2,1-2H3,(H2,11,17)(H,15,16)(H2,12,13,18)/t6-,10?/m0/s1. The van der Waals surface area contributed by atoms with E-state index in [1.807, 2.05) is 0 Å². The van der Waals surface area contributed by atoms with Gasteiger partial charge in [0.05, 0.1) is 0 Å². The van der Waals surface area contributed by atoms with E-state index in [0.29, 0.717) is 6.42 Å². The minimum Gasteiger partial charge on any atom is -0.479 e. The Balaban J connectivity index is 4.12. The van der Waals surface area contributed by atoms with Gasteiger partial charge in [-0.25, -0.2) is 9.59 Å². The third-order valence-corrected chi connectivity index (χ3v) is 2.63. The van der Waals surface area contributed by atoms with Gasteiger partial charge < -0.3 is 26.6 Å². The number of carboxylic acid groups (broad SMARTS) is 1. The first kappa shape index (κ1) is 16.2. The maximum atomic E-state index is 11.4. The summed E-state index contributed by atoms with van der Waals surface area (Å²) in [5.41, 5.74) is 3.99. The predicted octanol–water partition coefficient (Wildman–Crippen LogP) is -1.22. The molecule has 0 aliphatic heterocycles. The smallest absolute Gasteiger partial charge is 0.332 e. The summed E-state index contributed by atoms with van der Waals surface area (Å²) in [6.07, 6.45) is -1.32. The average Bonchev–Trinajstić information content (AvgIpc) is 2.28. The lowest BCUT2D eigenvalue weighted by Gasteiger charge is -2.25. The maximum Gasteiger partial charge on any atom is 0.332 e. The monoisotopic (exact) mass is 261 g/mol. The van der Waals surface area contributed by atoms with Crippen LogP contribution in [0.5, 0.6) is 0 Å². The lowest BCUT2D eigenvalue weighted by atomic mass is 9.98. The van der Waals surface area contributed by atoms with Crippen LogP contribution in [0.15, 0.2) is 0 Å². The molecule has 1 unspecified atom stereocenters. The summed E-state index contributed by atoms with van der Waals surface area (Å²) in [5.74, 6) is -2.02. The van der Waals surface area contributed by atoms with E-state index in [1.165, 1.54) is 6.92 Å². The average molecular weight is 261 g/mol. The van der Waals surface area contributed by atoms with Crippen molar-refractivity contribution in [2.45, 2.75) is 38.3 Å². The summed E-state index contributed by atoms with van der Waals surface area (Å²) in [6.45, 7) is 3.15. The molecule has 0 radical (unpaired) electrons. The van der Waals surface area contributed by atoms with Crippen LogP contribution in [0, 0.1) is 0 Å². The topological polar surface area (TPSA) is 142 Å². The first-order valence-electron chi connectivity index (χ1n) is 5.49. The van der Waals surface area contributed by atoms with Crippen molar-refractivity contribution < 1.29 is 24.6 Å².